The Hall–Kier alpha value is -0.830. The quantitative estimate of drug-likeness (QED) is 0.575. The van der Waals surface area contributed by atoms with Crippen molar-refractivity contribution in [3.05, 3.63) is 11.6 Å². The van der Waals surface area contributed by atoms with Crippen molar-refractivity contribution >= 4 is 5.97 Å². The number of carbonyl (C=O) groups excluding carboxylic acids is 1. The van der Waals surface area contributed by atoms with Gasteiger partial charge in [0.25, 0.3) is 0 Å². The van der Waals surface area contributed by atoms with E-state index < -0.39 is 11.2 Å². The second kappa shape index (κ2) is 2.64. The minimum Gasteiger partial charge on any atom is -0.448 e. The van der Waals surface area contributed by atoms with Crippen molar-refractivity contribution in [3.63, 3.8) is 0 Å². The summed E-state index contributed by atoms with van der Waals surface area (Å²) in [6.45, 7) is 9.80. The lowest BCUT2D eigenvalue weighted by atomic mass is 9.82. The van der Waals surface area contributed by atoms with Crippen LogP contribution in [0.25, 0.3) is 0 Å². The molecule has 0 N–H and O–H groups in total. The lowest BCUT2D eigenvalue weighted by molar-refractivity contribution is -0.161. The Morgan fingerprint density at radius 3 is 2.20 bits per heavy atom. The Bertz CT molecular complexity index is 352. The lowest BCUT2D eigenvalue weighted by Gasteiger charge is -2.33. The zero-order valence-corrected chi connectivity index (χ0v) is 10.0. The Morgan fingerprint density at radius 1 is 1.27 bits per heavy atom. The predicted molar refractivity (Wildman–Crippen MR) is 56.4 cm³/mol. The molecule has 15 heavy (non-hydrogen) atoms. The van der Waals surface area contributed by atoms with Gasteiger partial charge >= 0.3 is 5.97 Å². The molecule has 0 amide bonds. The van der Waals surface area contributed by atoms with Gasteiger partial charge in [-0.05, 0) is 40.7 Å². The number of hydrogen-bond donors (Lipinski definition) is 0. The monoisotopic (exact) mass is 210 g/mol. The Kier molecular flexibility index (Phi) is 1.88. The molecule has 3 heteroatoms. The highest BCUT2D eigenvalue weighted by atomic mass is 16.6. The van der Waals surface area contributed by atoms with Crippen LogP contribution in [0.2, 0.25) is 0 Å². The third kappa shape index (κ3) is 1.41. The van der Waals surface area contributed by atoms with Crippen molar-refractivity contribution in [2.45, 2.75) is 57.8 Å². The van der Waals surface area contributed by atoms with Crippen LogP contribution in [0, 0.1) is 0 Å². The van der Waals surface area contributed by atoms with Crippen LogP contribution in [0.15, 0.2) is 11.6 Å². The van der Waals surface area contributed by atoms with E-state index in [0.717, 1.165) is 6.42 Å². The first-order valence-electron chi connectivity index (χ1n) is 5.31. The predicted octanol–water partition coefficient (Wildman–Crippen LogP) is 2.21. The SMILES string of the molecule is CC1=CC2(CC(C)(C)OC2(C)C)OC1=O. The van der Waals surface area contributed by atoms with Crippen LogP contribution >= 0.6 is 0 Å². The average Bonchev–Trinajstić information content (AvgIpc) is 2.31. The van der Waals surface area contributed by atoms with Crippen molar-refractivity contribution < 1.29 is 14.3 Å². The summed E-state index contributed by atoms with van der Waals surface area (Å²) in [6.07, 6.45) is 2.64. The molecule has 0 aromatic heterocycles. The maximum atomic E-state index is 11.5. The topological polar surface area (TPSA) is 35.5 Å². The van der Waals surface area contributed by atoms with Gasteiger partial charge < -0.3 is 9.47 Å². The van der Waals surface area contributed by atoms with Gasteiger partial charge in [-0.15, -0.1) is 0 Å². The van der Waals surface area contributed by atoms with Gasteiger partial charge in [-0.25, -0.2) is 4.79 Å². The summed E-state index contributed by atoms with van der Waals surface area (Å²) in [5.74, 6) is -0.218. The molecule has 2 rings (SSSR count). The van der Waals surface area contributed by atoms with Crippen molar-refractivity contribution in [3.8, 4) is 0 Å². The molecule has 0 bridgehead atoms. The van der Waals surface area contributed by atoms with Crippen LogP contribution in [-0.2, 0) is 14.3 Å². The van der Waals surface area contributed by atoms with Crippen LogP contribution in [0.1, 0.15) is 41.0 Å². The molecule has 0 aromatic rings. The van der Waals surface area contributed by atoms with E-state index in [4.69, 9.17) is 9.47 Å². The summed E-state index contributed by atoms with van der Waals surface area (Å²) in [7, 11) is 0. The van der Waals surface area contributed by atoms with Gasteiger partial charge in [0.2, 0.25) is 0 Å². The third-order valence-electron chi connectivity index (χ3n) is 3.29. The first-order chi connectivity index (χ1) is 6.68. The normalized spacial score (nSPS) is 36.9. The van der Waals surface area contributed by atoms with Gasteiger partial charge in [0.15, 0.2) is 5.60 Å². The summed E-state index contributed by atoms with van der Waals surface area (Å²) in [6, 6.07) is 0. The molecule has 1 spiro atoms. The highest BCUT2D eigenvalue weighted by Crippen LogP contribution is 2.50. The number of rotatable bonds is 0. The summed E-state index contributed by atoms with van der Waals surface area (Å²) in [4.78, 5) is 11.5. The zero-order chi connectivity index (χ0) is 11.5. The van der Waals surface area contributed by atoms with Crippen molar-refractivity contribution in [2.24, 2.45) is 0 Å². The molecule has 2 heterocycles. The van der Waals surface area contributed by atoms with Gasteiger partial charge in [0, 0.05) is 12.0 Å². The molecule has 84 valence electrons. The maximum Gasteiger partial charge on any atom is 0.334 e. The number of carbonyl (C=O) groups is 1. The second-order valence-electron chi connectivity index (χ2n) is 5.66. The molecular weight excluding hydrogens is 192 g/mol. The molecule has 0 aliphatic carbocycles. The fourth-order valence-corrected chi connectivity index (χ4v) is 2.73. The average molecular weight is 210 g/mol. The minimum absolute atomic E-state index is 0.218. The van der Waals surface area contributed by atoms with Gasteiger partial charge in [-0.2, -0.15) is 0 Å². The third-order valence-corrected chi connectivity index (χ3v) is 3.29. The molecule has 0 radical (unpaired) electrons. The smallest absolute Gasteiger partial charge is 0.334 e. The van der Waals surface area contributed by atoms with Gasteiger partial charge in [0.1, 0.15) is 5.60 Å². The van der Waals surface area contributed by atoms with E-state index in [9.17, 15) is 4.79 Å². The summed E-state index contributed by atoms with van der Waals surface area (Å²) in [5.41, 5.74) is -0.587. The van der Waals surface area contributed by atoms with E-state index in [1.165, 1.54) is 0 Å². The Morgan fingerprint density at radius 2 is 1.87 bits per heavy atom. The first-order valence-corrected chi connectivity index (χ1v) is 5.31. The minimum atomic E-state index is -0.572. The molecule has 2 aliphatic heterocycles. The van der Waals surface area contributed by atoms with Crippen molar-refractivity contribution in [1.82, 2.24) is 0 Å². The standard InChI is InChI=1S/C12H18O3/c1-8-6-12(14-9(8)13)7-10(2,3)15-11(12,4)5/h6H,7H2,1-5H3. The fourth-order valence-electron chi connectivity index (χ4n) is 2.73. The molecule has 3 nitrogen and oxygen atoms in total. The molecule has 0 aromatic carbocycles. The van der Waals surface area contributed by atoms with Gasteiger partial charge in [-0.3, -0.25) is 0 Å². The zero-order valence-electron chi connectivity index (χ0n) is 10.0. The van der Waals surface area contributed by atoms with Crippen LogP contribution in [-0.4, -0.2) is 22.8 Å². The number of hydrogen-bond acceptors (Lipinski definition) is 3. The molecular formula is C12H18O3. The largest absolute Gasteiger partial charge is 0.448 e. The van der Waals surface area contributed by atoms with Gasteiger partial charge in [-0.1, -0.05) is 0 Å². The van der Waals surface area contributed by atoms with E-state index in [-0.39, 0.29) is 11.6 Å². The van der Waals surface area contributed by atoms with E-state index >= 15 is 0 Å². The van der Waals surface area contributed by atoms with Gasteiger partial charge in [0.05, 0.1) is 5.60 Å². The molecule has 1 saturated heterocycles. The molecule has 0 saturated carbocycles. The molecule has 1 fully saturated rings. The summed E-state index contributed by atoms with van der Waals surface area (Å²) < 4.78 is 11.5. The van der Waals surface area contributed by atoms with E-state index in [2.05, 4.69) is 0 Å². The van der Waals surface area contributed by atoms with Crippen LogP contribution < -0.4 is 0 Å². The fraction of sp³-hybridized carbons (Fsp3) is 0.750. The van der Waals surface area contributed by atoms with E-state index in [1.807, 2.05) is 33.8 Å². The highest BCUT2D eigenvalue weighted by molar-refractivity contribution is 5.91. The van der Waals surface area contributed by atoms with Crippen LogP contribution in [0.3, 0.4) is 0 Å². The lowest BCUT2D eigenvalue weighted by Crippen LogP contribution is -2.45. The maximum absolute atomic E-state index is 11.5. The first kappa shape index (κ1) is 10.7. The second-order valence-corrected chi connectivity index (χ2v) is 5.66. The summed E-state index contributed by atoms with van der Waals surface area (Å²) in [5, 5.41) is 0. The van der Waals surface area contributed by atoms with E-state index in [0.29, 0.717) is 5.57 Å². The molecule has 1 unspecified atom stereocenters. The Labute approximate surface area is 90.4 Å². The Balaban J connectivity index is 2.43. The number of ether oxygens (including phenoxy) is 2. The molecule has 2 aliphatic rings. The van der Waals surface area contributed by atoms with Crippen molar-refractivity contribution in [2.75, 3.05) is 0 Å². The van der Waals surface area contributed by atoms with Crippen molar-refractivity contribution in [1.29, 1.82) is 0 Å². The highest BCUT2D eigenvalue weighted by Gasteiger charge is 2.61. The van der Waals surface area contributed by atoms with E-state index in [1.54, 1.807) is 6.92 Å². The van der Waals surface area contributed by atoms with Crippen LogP contribution in [0.4, 0.5) is 0 Å². The van der Waals surface area contributed by atoms with Crippen LogP contribution in [0.5, 0.6) is 0 Å². The number of esters is 1. The summed E-state index contributed by atoms with van der Waals surface area (Å²) >= 11 is 0. The molecule has 1 atom stereocenters.